The van der Waals surface area contributed by atoms with Crippen molar-refractivity contribution < 1.29 is 43.5 Å². The lowest BCUT2D eigenvalue weighted by Gasteiger charge is -2.36. The highest BCUT2D eigenvalue weighted by Gasteiger charge is 2.45. The fourth-order valence-corrected chi connectivity index (χ4v) is 11.1. The topological polar surface area (TPSA) is 275 Å². The number of ketones is 1. The first-order valence-electron chi connectivity index (χ1n) is 24.8. The molecule has 3 saturated heterocycles. The van der Waals surface area contributed by atoms with E-state index in [2.05, 4.69) is 16.0 Å². The molecule has 1 saturated carbocycles. The van der Waals surface area contributed by atoms with Crippen molar-refractivity contribution in [3.05, 3.63) is 106 Å². The Labute approximate surface area is 412 Å². The molecule has 1 aromatic heterocycles. The average molecular weight is 975 g/mol. The lowest BCUT2D eigenvalue weighted by atomic mass is 9.76. The molecule has 4 heterocycles. The van der Waals surface area contributed by atoms with Gasteiger partial charge in [0.2, 0.25) is 35.4 Å². The van der Waals surface area contributed by atoms with Crippen molar-refractivity contribution in [2.45, 2.75) is 145 Å². The number of carbonyl (C=O) groups is 8. The third kappa shape index (κ3) is 12.5. The molecule has 18 heteroatoms. The van der Waals surface area contributed by atoms with Crippen molar-refractivity contribution >= 4 is 58.2 Å². The van der Waals surface area contributed by atoms with Gasteiger partial charge in [-0.15, -0.1) is 0 Å². The lowest BCUT2D eigenvalue weighted by molar-refractivity contribution is -0.143. The number of Topliss-reactive ketones (excluding diaryl/α,β-unsaturated/α-hetero) is 1. The van der Waals surface area contributed by atoms with Crippen LogP contribution in [0.1, 0.15) is 138 Å². The minimum atomic E-state index is -1.10. The minimum Gasteiger partial charge on any atom is -0.481 e. The van der Waals surface area contributed by atoms with Gasteiger partial charge in [-0.2, -0.15) is 0 Å². The highest BCUT2D eigenvalue weighted by Crippen LogP contribution is 2.40. The molecule has 378 valence electrons. The van der Waals surface area contributed by atoms with Crippen LogP contribution in [-0.4, -0.2) is 90.5 Å². The molecule has 4 fully saturated rings. The molecule has 8 rings (SSSR count). The van der Waals surface area contributed by atoms with Crippen molar-refractivity contribution in [1.82, 2.24) is 30.0 Å². The molecule has 0 bridgehead atoms. The van der Waals surface area contributed by atoms with Crippen molar-refractivity contribution in [2.75, 3.05) is 0 Å². The number of primary amides is 1. The number of carboxylic acids is 1. The van der Waals surface area contributed by atoms with E-state index in [0.717, 1.165) is 61.2 Å². The number of aryl methyl sites for hydroxylation is 1. The number of piperidine rings is 1. The molecule has 1 aliphatic carbocycles. The predicted molar refractivity (Wildman–Crippen MR) is 263 cm³/mol. The van der Waals surface area contributed by atoms with Gasteiger partial charge in [-0.05, 0) is 118 Å². The van der Waals surface area contributed by atoms with E-state index in [1.54, 1.807) is 16.5 Å². The molecule has 3 aliphatic heterocycles. The van der Waals surface area contributed by atoms with E-state index in [0.29, 0.717) is 49.5 Å². The zero-order chi connectivity index (χ0) is 50.9. The van der Waals surface area contributed by atoms with Gasteiger partial charge in [-0.25, -0.2) is 4.79 Å². The van der Waals surface area contributed by atoms with Crippen LogP contribution in [-0.2, 0) is 45.4 Å². The molecule has 6 amide bonds. The van der Waals surface area contributed by atoms with Gasteiger partial charge in [0.15, 0.2) is 0 Å². The maximum absolute atomic E-state index is 14.1. The summed E-state index contributed by atoms with van der Waals surface area (Å²) in [5.74, 6) is -3.16. The van der Waals surface area contributed by atoms with Crippen molar-refractivity contribution in [1.29, 1.82) is 0 Å². The number of nitrogens with zero attached hydrogens (tertiary/aromatic N) is 3. The second kappa shape index (κ2) is 23.3. The van der Waals surface area contributed by atoms with Gasteiger partial charge in [0.25, 0.3) is 5.97 Å². The van der Waals surface area contributed by atoms with Crippen LogP contribution in [0.4, 0.5) is 0 Å². The standard InChI is InChI=1S/C51H62N8O8.C2H4O2/c1-57-42-29-34(18-22-39(42)59(51(57)67)41-24-27-45(62)55-49(41)65)31-15-12-30(13-16-31)14-25-43(60)35-17-19-36-20-23-40(58(36)50(66)37(52)28-35)48(64)54-38(21-26-44(53)61)47(63)56-46(32-8-4-2-5-9-32)33-10-6-3-7-11-33;1-2(3)4/h2-11,18,22,29-31,35-38,40-41,46H,12-17,19-21,23-28,52H2,1H3,(H2,53,61)(H,54,64)(H,56,63)(H,55,62,65);1H3,(H,3,4)/t30?,31?,35?,36-,37-,38-,40-,41?;/m0./s1. The van der Waals surface area contributed by atoms with E-state index in [4.69, 9.17) is 21.4 Å². The van der Waals surface area contributed by atoms with Crippen molar-refractivity contribution in [3.8, 4) is 0 Å². The fraction of sp³-hybridized carbons (Fsp3) is 0.491. The number of carbonyl (C=O) groups excluding carboxylic acids is 7. The third-order valence-electron chi connectivity index (χ3n) is 14.8. The summed E-state index contributed by atoms with van der Waals surface area (Å²) in [6, 6.07) is 20.4. The third-order valence-corrected chi connectivity index (χ3v) is 14.8. The van der Waals surface area contributed by atoms with Gasteiger partial charge in [0.05, 0.1) is 23.1 Å². The monoisotopic (exact) mass is 974 g/mol. The van der Waals surface area contributed by atoms with Crippen LogP contribution in [0.3, 0.4) is 0 Å². The first-order chi connectivity index (χ1) is 34.0. The second-order valence-electron chi connectivity index (χ2n) is 19.6. The summed E-state index contributed by atoms with van der Waals surface area (Å²) >= 11 is 0. The summed E-state index contributed by atoms with van der Waals surface area (Å²) in [6.45, 7) is 1.08. The summed E-state index contributed by atoms with van der Waals surface area (Å²) in [7, 11) is 1.70. The summed E-state index contributed by atoms with van der Waals surface area (Å²) in [4.78, 5) is 116. The highest BCUT2D eigenvalue weighted by molar-refractivity contribution is 6.00. The first-order valence-corrected chi connectivity index (χ1v) is 24.8. The van der Waals surface area contributed by atoms with E-state index in [9.17, 15) is 38.4 Å². The zero-order valence-electron chi connectivity index (χ0n) is 40.4. The largest absolute Gasteiger partial charge is 0.481 e. The normalized spacial score (nSPS) is 23.9. The summed E-state index contributed by atoms with van der Waals surface area (Å²) in [6.07, 6.45) is 7.51. The van der Waals surface area contributed by atoms with E-state index in [-0.39, 0.29) is 67.4 Å². The second-order valence-corrected chi connectivity index (χ2v) is 19.6. The van der Waals surface area contributed by atoms with E-state index < -0.39 is 59.8 Å². The number of imide groups is 1. The van der Waals surface area contributed by atoms with Crippen LogP contribution < -0.4 is 33.1 Å². The fourth-order valence-electron chi connectivity index (χ4n) is 11.1. The van der Waals surface area contributed by atoms with Crippen LogP contribution in [0.25, 0.3) is 11.0 Å². The van der Waals surface area contributed by atoms with Gasteiger partial charge >= 0.3 is 5.69 Å². The molecule has 3 aromatic carbocycles. The molecular weight excluding hydrogens is 909 g/mol. The SMILES string of the molecule is CC(=O)O.Cn1c(=O)n(C2CCC(=O)NC2=O)c2ccc(C3CCC(CCC(=O)C4CC[C@H]5CC[C@@H](C(=O)N[C@@H](CCC(N)=O)C(=O)NC(c6ccccc6)c6ccccc6)N5C(=O)[C@@H](N)C4)CC3)cc21. The van der Waals surface area contributed by atoms with E-state index in [1.807, 2.05) is 78.9 Å². The Morgan fingerprint density at radius 2 is 1.42 bits per heavy atom. The van der Waals surface area contributed by atoms with Gasteiger partial charge in [0.1, 0.15) is 23.9 Å². The Bertz CT molecular complexity index is 2630. The molecule has 8 N–H and O–H groups in total. The van der Waals surface area contributed by atoms with Gasteiger partial charge in [-0.3, -0.25) is 52.8 Å². The zero-order valence-corrected chi connectivity index (χ0v) is 40.4. The number of amides is 6. The number of fused-ring (bicyclic) bond motifs is 2. The number of imidazole rings is 1. The number of aliphatic carboxylic acids is 1. The molecule has 2 unspecified atom stereocenters. The Balaban J connectivity index is 0.00000178. The van der Waals surface area contributed by atoms with Gasteiger partial charge in [0, 0.05) is 45.2 Å². The maximum atomic E-state index is 14.1. The van der Waals surface area contributed by atoms with Crippen molar-refractivity contribution in [3.63, 3.8) is 0 Å². The summed E-state index contributed by atoms with van der Waals surface area (Å²) in [5.41, 5.74) is 16.0. The Kier molecular flexibility index (Phi) is 17.0. The van der Waals surface area contributed by atoms with Crippen LogP contribution in [0, 0.1) is 11.8 Å². The minimum absolute atomic E-state index is 0.0255. The molecule has 0 spiro atoms. The molecular formula is C53H66N8O10. The average Bonchev–Trinajstić information content (AvgIpc) is 3.89. The summed E-state index contributed by atoms with van der Waals surface area (Å²) < 4.78 is 3.06. The lowest BCUT2D eigenvalue weighted by Crippen LogP contribution is -2.58. The van der Waals surface area contributed by atoms with Crippen LogP contribution >= 0.6 is 0 Å². The molecule has 71 heavy (non-hydrogen) atoms. The van der Waals surface area contributed by atoms with Crippen LogP contribution in [0.5, 0.6) is 0 Å². The Hall–Kier alpha value is -6.95. The van der Waals surface area contributed by atoms with Gasteiger partial charge in [-0.1, -0.05) is 66.7 Å². The molecule has 0 radical (unpaired) electrons. The van der Waals surface area contributed by atoms with Crippen molar-refractivity contribution in [2.24, 2.45) is 30.4 Å². The number of benzene rings is 3. The smallest absolute Gasteiger partial charge is 0.329 e. The van der Waals surface area contributed by atoms with Gasteiger partial charge < -0.3 is 32.1 Å². The first kappa shape index (κ1) is 51.9. The number of aromatic nitrogens is 2. The molecule has 6 atom stereocenters. The van der Waals surface area contributed by atoms with Crippen LogP contribution in [0.2, 0.25) is 0 Å². The molecule has 4 aliphatic rings. The number of carboxylic acid groups (broad SMARTS) is 1. The molecule has 4 aromatic rings. The van der Waals surface area contributed by atoms with Crippen LogP contribution in [0.15, 0.2) is 83.7 Å². The number of rotatable bonds is 15. The predicted octanol–water partition coefficient (Wildman–Crippen LogP) is 4.17. The quantitative estimate of drug-likeness (QED) is 0.0920. The number of nitrogens with one attached hydrogen (secondary N) is 3. The molecule has 18 nitrogen and oxygen atoms in total. The number of hydrogen-bond donors (Lipinski definition) is 6. The maximum Gasteiger partial charge on any atom is 0.329 e. The summed E-state index contributed by atoms with van der Waals surface area (Å²) in [5, 5.41) is 15.7. The number of hydrogen-bond acceptors (Lipinski definition) is 10. The number of nitrogens with two attached hydrogens (primary N) is 2. The van der Waals surface area contributed by atoms with E-state index >= 15 is 0 Å². The Morgan fingerprint density at radius 1 is 0.789 bits per heavy atom. The Morgan fingerprint density at radius 3 is 2.04 bits per heavy atom. The highest BCUT2D eigenvalue weighted by atomic mass is 16.4. The van der Waals surface area contributed by atoms with E-state index in [1.165, 1.54) is 4.57 Å².